The Morgan fingerprint density at radius 3 is 2.52 bits per heavy atom. The molecule has 29 heavy (non-hydrogen) atoms. The third-order valence-corrected chi connectivity index (χ3v) is 6.65. The molecule has 7 nitrogen and oxygen atoms in total. The molecule has 8 heteroatoms. The first-order valence-corrected chi connectivity index (χ1v) is 11.5. The molecule has 1 saturated heterocycles. The number of likely N-dealkylation sites (tertiary alicyclic amines) is 1. The summed E-state index contributed by atoms with van der Waals surface area (Å²) in [7, 11) is -3.61. The summed E-state index contributed by atoms with van der Waals surface area (Å²) in [6.45, 7) is 4.36. The molecule has 0 saturated carbocycles. The van der Waals surface area contributed by atoms with Crippen molar-refractivity contribution in [3.8, 4) is 0 Å². The minimum absolute atomic E-state index is 0.00139. The van der Waals surface area contributed by atoms with Crippen LogP contribution in [-0.4, -0.2) is 45.4 Å². The number of hydrogen-bond donors (Lipinski definition) is 2. The van der Waals surface area contributed by atoms with Crippen LogP contribution < -0.4 is 10.0 Å². The molecule has 2 aromatic rings. The largest absolute Gasteiger partial charge is 0.468 e. The molecule has 0 spiro atoms. The van der Waals surface area contributed by atoms with E-state index in [9.17, 15) is 13.2 Å². The highest BCUT2D eigenvalue weighted by Crippen LogP contribution is 2.24. The molecule has 1 amide bonds. The number of hydrogen-bond acceptors (Lipinski definition) is 5. The van der Waals surface area contributed by atoms with Gasteiger partial charge in [0.2, 0.25) is 15.9 Å². The zero-order chi connectivity index (χ0) is 20.7. The molecule has 1 aromatic heterocycles. The fourth-order valence-electron chi connectivity index (χ4n) is 3.52. The van der Waals surface area contributed by atoms with Crippen LogP contribution in [-0.2, 0) is 14.8 Å². The van der Waals surface area contributed by atoms with E-state index < -0.39 is 10.0 Å². The van der Waals surface area contributed by atoms with Gasteiger partial charge in [-0.25, -0.2) is 13.1 Å². The molecule has 1 aliphatic rings. The van der Waals surface area contributed by atoms with Crippen LogP contribution in [0.15, 0.2) is 52.0 Å². The second kappa shape index (κ2) is 10.0. The van der Waals surface area contributed by atoms with E-state index in [1.54, 1.807) is 30.5 Å². The molecule has 1 fully saturated rings. The first kappa shape index (κ1) is 21.5. The maximum Gasteiger partial charge on any atom is 0.240 e. The second-order valence-corrected chi connectivity index (χ2v) is 9.16. The fraction of sp³-hybridized carbons (Fsp3) is 0.476. The van der Waals surface area contributed by atoms with Gasteiger partial charge in [0.05, 0.1) is 17.2 Å². The van der Waals surface area contributed by atoms with Crippen molar-refractivity contribution in [1.82, 2.24) is 14.9 Å². The van der Waals surface area contributed by atoms with Crippen molar-refractivity contribution in [3.05, 3.63) is 54.0 Å². The van der Waals surface area contributed by atoms with E-state index in [4.69, 9.17) is 4.42 Å². The van der Waals surface area contributed by atoms with Crippen molar-refractivity contribution in [2.24, 2.45) is 0 Å². The second-order valence-electron chi connectivity index (χ2n) is 7.39. The van der Waals surface area contributed by atoms with Crippen molar-refractivity contribution >= 4 is 15.9 Å². The van der Waals surface area contributed by atoms with Gasteiger partial charge >= 0.3 is 0 Å². The molecule has 0 unspecified atom stereocenters. The molecule has 2 N–H and O–H groups in total. The van der Waals surface area contributed by atoms with Gasteiger partial charge in [0.15, 0.2) is 0 Å². The van der Waals surface area contributed by atoms with Gasteiger partial charge in [0.25, 0.3) is 0 Å². The van der Waals surface area contributed by atoms with Crippen LogP contribution >= 0.6 is 0 Å². The molecule has 0 aliphatic carbocycles. The number of amides is 1. The third-order valence-electron chi connectivity index (χ3n) is 5.17. The molecule has 3 rings (SSSR count). The summed E-state index contributed by atoms with van der Waals surface area (Å²) in [5.41, 5.74) is 0.989. The van der Waals surface area contributed by atoms with E-state index in [1.807, 2.05) is 19.1 Å². The van der Waals surface area contributed by atoms with Crippen molar-refractivity contribution in [3.63, 3.8) is 0 Å². The quantitative estimate of drug-likeness (QED) is 0.652. The highest BCUT2D eigenvalue weighted by Gasteiger charge is 2.25. The van der Waals surface area contributed by atoms with Crippen LogP contribution in [0.3, 0.4) is 0 Å². The lowest BCUT2D eigenvalue weighted by Gasteiger charge is -2.33. The summed E-state index contributed by atoms with van der Waals surface area (Å²) in [5, 5.41) is 2.93. The molecule has 1 aliphatic heterocycles. The van der Waals surface area contributed by atoms with Gasteiger partial charge < -0.3 is 9.73 Å². The smallest absolute Gasteiger partial charge is 0.240 e. The van der Waals surface area contributed by atoms with Crippen molar-refractivity contribution in [1.29, 1.82) is 0 Å². The van der Waals surface area contributed by atoms with Crippen molar-refractivity contribution in [2.45, 2.75) is 43.5 Å². The van der Waals surface area contributed by atoms with Crippen molar-refractivity contribution < 1.29 is 17.6 Å². The summed E-state index contributed by atoms with van der Waals surface area (Å²) < 4.78 is 32.6. The fourth-order valence-corrected chi connectivity index (χ4v) is 4.55. The van der Waals surface area contributed by atoms with E-state index in [1.165, 1.54) is 6.42 Å². The summed E-state index contributed by atoms with van der Waals surface area (Å²) in [4.78, 5) is 14.8. The Balaban J connectivity index is 1.48. The van der Waals surface area contributed by atoms with Gasteiger partial charge in [0, 0.05) is 19.5 Å². The van der Waals surface area contributed by atoms with Gasteiger partial charge in [-0.1, -0.05) is 24.1 Å². The first-order chi connectivity index (χ1) is 14.0. The minimum atomic E-state index is -3.61. The minimum Gasteiger partial charge on any atom is -0.468 e. The lowest BCUT2D eigenvalue weighted by atomic mass is 10.1. The van der Waals surface area contributed by atoms with Gasteiger partial charge in [0.1, 0.15) is 5.76 Å². The molecule has 1 aromatic carbocycles. The Morgan fingerprint density at radius 1 is 1.14 bits per heavy atom. The molecule has 1 atom stereocenters. The van der Waals surface area contributed by atoms with Crippen LogP contribution in [0.2, 0.25) is 0 Å². The van der Waals surface area contributed by atoms with Crippen LogP contribution in [0.25, 0.3) is 0 Å². The van der Waals surface area contributed by atoms with Crippen molar-refractivity contribution in [2.75, 3.05) is 26.2 Å². The predicted octanol–water partition coefficient (Wildman–Crippen LogP) is 2.60. The molecular formula is C21H29N3O4S. The zero-order valence-electron chi connectivity index (χ0n) is 16.8. The van der Waals surface area contributed by atoms with Crippen LogP contribution in [0.1, 0.15) is 43.0 Å². The number of nitrogens with one attached hydrogen (secondary N) is 2. The third kappa shape index (κ3) is 6.16. The Morgan fingerprint density at radius 2 is 1.86 bits per heavy atom. The van der Waals surface area contributed by atoms with Crippen LogP contribution in [0.5, 0.6) is 0 Å². The molecule has 158 valence electrons. The lowest BCUT2D eigenvalue weighted by molar-refractivity contribution is -0.121. The zero-order valence-corrected chi connectivity index (χ0v) is 17.6. The van der Waals surface area contributed by atoms with E-state index >= 15 is 0 Å². The molecule has 0 bridgehead atoms. The van der Waals surface area contributed by atoms with Gasteiger partial charge in [-0.15, -0.1) is 0 Å². The van der Waals surface area contributed by atoms with E-state index in [0.29, 0.717) is 6.54 Å². The topological polar surface area (TPSA) is 91.6 Å². The number of sulfonamides is 1. The number of aryl methyl sites for hydroxylation is 1. The summed E-state index contributed by atoms with van der Waals surface area (Å²) in [6.07, 6.45) is 5.25. The van der Waals surface area contributed by atoms with E-state index in [0.717, 1.165) is 37.3 Å². The highest BCUT2D eigenvalue weighted by molar-refractivity contribution is 7.89. The summed E-state index contributed by atoms with van der Waals surface area (Å²) >= 11 is 0. The maximum atomic E-state index is 12.3. The summed E-state index contributed by atoms with van der Waals surface area (Å²) in [6, 6.07) is 10.4. The highest BCUT2D eigenvalue weighted by atomic mass is 32.2. The number of furan rings is 1. The molecule has 2 heterocycles. The van der Waals surface area contributed by atoms with E-state index in [-0.39, 0.29) is 29.8 Å². The molecular weight excluding hydrogens is 390 g/mol. The Bertz CT molecular complexity index is 873. The maximum absolute atomic E-state index is 12.3. The van der Waals surface area contributed by atoms with Gasteiger partial charge in [-0.3, -0.25) is 9.69 Å². The number of carbonyl (C=O) groups excluding carboxylic acids is 1. The van der Waals surface area contributed by atoms with Crippen LogP contribution in [0.4, 0.5) is 0 Å². The number of nitrogens with zero attached hydrogens (tertiary/aromatic N) is 1. The SMILES string of the molecule is Cc1ccc(S(=O)(=O)NCCC(=O)NC[C@H](c2ccco2)N2CCCCC2)cc1. The first-order valence-electron chi connectivity index (χ1n) is 10.1. The standard InChI is InChI=1S/C21H29N3O4S/c1-17-7-9-18(10-8-17)29(26,27)23-12-11-21(25)22-16-19(20-6-5-15-28-20)24-13-3-2-4-14-24/h5-10,15,19,23H,2-4,11-14,16H2,1H3,(H,22,25)/t19-/m1/s1. The Labute approximate surface area is 172 Å². The van der Waals surface area contributed by atoms with Gasteiger partial charge in [-0.2, -0.15) is 0 Å². The number of piperidine rings is 1. The average Bonchev–Trinajstić information content (AvgIpc) is 3.24. The predicted molar refractivity (Wildman–Crippen MR) is 111 cm³/mol. The number of carbonyl (C=O) groups is 1. The monoisotopic (exact) mass is 419 g/mol. The van der Waals surface area contributed by atoms with Gasteiger partial charge in [-0.05, 0) is 57.1 Å². The van der Waals surface area contributed by atoms with E-state index in [2.05, 4.69) is 14.9 Å². The average molecular weight is 420 g/mol. The lowest BCUT2D eigenvalue weighted by Crippen LogP contribution is -2.41. The number of rotatable bonds is 9. The van der Waals surface area contributed by atoms with Crippen LogP contribution in [0, 0.1) is 6.92 Å². The Kier molecular flexibility index (Phi) is 7.46. The Hall–Kier alpha value is -2.16. The summed E-state index contributed by atoms with van der Waals surface area (Å²) in [5.74, 6) is 0.650. The number of benzene rings is 1. The normalized spacial score (nSPS) is 16.4. The molecule has 0 radical (unpaired) electrons.